The number of ether oxygens (including phenoxy) is 2. The van der Waals surface area contributed by atoms with Crippen molar-refractivity contribution in [3.05, 3.63) is 64.3 Å². The first kappa shape index (κ1) is 25.1. The molecule has 2 aromatic rings. The highest BCUT2D eigenvalue weighted by atomic mass is 32.2. The Labute approximate surface area is 209 Å². The van der Waals surface area contributed by atoms with E-state index in [1.807, 2.05) is 18.2 Å². The second kappa shape index (κ2) is 11.6. The summed E-state index contributed by atoms with van der Waals surface area (Å²) in [5.41, 5.74) is 1.40. The zero-order chi connectivity index (χ0) is 24.8. The van der Waals surface area contributed by atoms with Crippen molar-refractivity contribution < 1.29 is 23.5 Å². The van der Waals surface area contributed by atoms with Gasteiger partial charge in [-0.15, -0.1) is 11.8 Å². The minimum Gasteiger partial charge on any atom is -0.493 e. The van der Waals surface area contributed by atoms with Crippen LogP contribution in [-0.2, 0) is 16.0 Å². The van der Waals surface area contributed by atoms with E-state index >= 15 is 0 Å². The minimum absolute atomic E-state index is 0.00110. The molecule has 0 aromatic heterocycles. The zero-order valence-electron chi connectivity index (χ0n) is 20.1. The Morgan fingerprint density at radius 2 is 1.91 bits per heavy atom. The molecule has 2 unspecified atom stereocenters. The summed E-state index contributed by atoms with van der Waals surface area (Å²) in [5, 5.41) is 3.16. The van der Waals surface area contributed by atoms with Crippen LogP contribution in [0.4, 0.5) is 4.39 Å². The first-order chi connectivity index (χ1) is 17.0. The fourth-order valence-corrected chi connectivity index (χ4v) is 6.15. The molecular formula is C27H31FN2O4S. The van der Waals surface area contributed by atoms with E-state index in [0.717, 1.165) is 31.2 Å². The number of thioether (sulfide) groups is 1. The number of methoxy groups -OCH3 is 2. The lowest BCUT2D eigenvalue weighted by atomic mass is 9.93. The lowest BCUT2D eigenvalue weighted by Gasteiger charge is -2.43. The van der Waals surface area contributed by atoms with Crippen LogP contribution in [0.25, 0.3) is 6.08 Å². The lowest BCUT2D eigenvalue weighted by Crippen LogP contribution is -2.54. The normalized spacial score (nSPS) is 20.9. The van der Waals surface area contributed by atoms with Crippen LogP contribution < -0.4 is 14.8 Å². The molecule has 1 aliphatic carbocycles. The van der Waals surface area contributed by atoms with E-state index in [1.165, 1.54) is 17.8 Å². The topological polar surface area (TPSA) is 67.9 Å². The summed E-state index contributed by atoms with van der Waals surface area (Å²) < 4.78 is 24.8. The van der Waals surface area contributed by atoms with E-state index in [-0.39, 0.29) is 35.5 Å². The SMILES string of the molecule is COc1ccc(CCNC(=O)CN2C(=O)/C(=C/c3ccccc3F)SC3CCCCC32)cc1OC. The average molecular weight is 499 g/mol. The molecule has 4 rings (SSSR count). The molecule has 1 saturated carbocycles. The molecule has 186 valence electrons. The molecule has 1 N–H and O–H groups in total. The predicted octanol–water partition coefficient (Wildman–Crippen LogP) is 4.43. The van der Waals surface area contributed by atoms with Crippen molar-refractivity contribution in [3.63, 3.8) is 0 Å². The minimum atomic E-state index is -0.362. The van der Waals surface area contributed by atoms with Crippen LogP contribution in [0.2, 0.25) is 0 Å². The largest absolute Gasteiger partial charge is 0.493 e. The number of nitrogens with one attached hydrogen (secondary N) is 1. The van der Waals surface area contributed by atoms with Gasteiger partial charge in [-0.25, -0.2) is 4.39 Å². The molecule has 6 nitrogen and oxygen atoms in total. The number of amides is 2. The number of hydrogen-bond donors (Lipinski definition) is 1. The average Bonchev–Trinajstić information content (AvgIpc) is 2.87. The van der Waals surface area contributed by atoms with Gasteiger partial charge in [0.15, 0.2) is 11.5 Å². The third-order valence-electron chi connectivity index (χ3n) is 6.51. The molecule has 1 aliphatic heterocycles. The molecule has 1 saturated heterocycles. The Bertz CT molecular complexity index is 1110. The summed E-state index contributed by atoms with van der Waals surface area (Å²) in [7, 11) is 3.18. The Hall–Kier alpha value is -3.00. The Morgan fingerprint density at radius 1 is 1.14 bits per heavy atom. The lowest BCUT2D eigenvalue weighted by molar-refractivity contribution is -0.135. The molecule has 35 heavy (non-hydrogen) atoms. The van der Waals surface area contributed by atoms with Crippen molar-refractivity contribution >= 4 is 29.7 Å². The van der Waals surface area contributed by atoms with Gasteiger partial charge in [-0.05, 0) is 49.1 Å². The molecule has 2 aromatic carbocycles. The fourth-order valence-electron chi connectivity index (χ4n) is 4.69. The van der Waals surface area contributed by atoms with Gasteiger partial charge in [0.1, 0.15) is 12.4 Å². The van der Waals surface area contributed by atoms with Gasteiger partial charge in [0.2, 0.25) is 5.91 Å². The van der Waals surface area contributed by atoms with Gasteiger partial charge < -0.3 is 19.7 Å². The van der Waals surface area contributed by atoms with Crippen LogP contribution in [0.15, 0.2) is 47.4 Å². The molecule has 1 heterocycles. The molecule has 2 amide bonds. The highest BCUT2D eigenvalue weighted by Crippen LogP contribution is 2.42. The molecule has 0 radical (unpaired) electrons. The standard InChI is InChI=1S/C27H31FN2O4S/c1-33-22-12-11-18(15-23(22)34-2)13-14-29-26(31)17-30-21-9-5-6-10-24(21)35-25(27(30)32)16-19-7-3-4-8-20(19)28/h3-4,7-8,11-12,15-16,21,24H,5-6,9-10,13-14,17H2,1-2H3,(H,29,31)/b25-16-. The van der Waals surface area contributed by atoms with E-state index < -0.39 is 0 Å². The summed E-state index contributed by atoms with van der Waals surface area (Å²) in [6, 6.07) is 12.1. The summed E-state index contributed by atoms with van der Waals surface area (Å²) >= 11 is 1.53. The van der Waals surface area contributed by atoms with Gasteiger partial charge in [-0.1, -0.05) is 37.1 Å². The van der Waals surface area contributed by atoms with Gasteiger partial charge in [0.05, 0.1) is 19.1 Å². The zero-order valence-corrected chi connectivity index (χ0v) is 20.9. The summed E-state index contributed by atoms with van der Waals surface area (Å²) in [5.74, 6) is 0.545. The Kier molecular flexibility index (Phi) is 8.33. The highest BCUT2D eigenvalue weighted by Gasteiger charge is 2.41. The molecule has 0 spiro atoms. The van der Waals surface area contributed by atoms with Crippen molar-refractivity contribution in [1.29, 1.82) is 0 Å². The first-order valence-electron chi connectivity index (χ1n) is 11.9. The van der Waals surface area contributed by atoms with Crippen molar-refractivity contribution in [2.75, 3.05) is 27.3 Å². The summed E-state index contributed by atoms with van der Waals surface area (Å²) in [6.07, 6.45) is 6.25. The number of rotatable bonds is 8. The van der Waals surface area contributed by atoms with Crippen molar-refractivity contribution in [2.45, 2.75) is 43.4 Å². The molecule has 2 fully saturated rings. The Balaban J connectivity index is 1.42. The maximum atomic E-state index is 14.2. The third kappa shape index (κ3) is 5.99. The predicted molar refractivity (Wildman–Crippen MR) is 136 cm³/mol. The number of carbonyl (C=O) groups is 2. The number of benzene rings is 2. The van der Waals surface area contributed by atoms with Crippen LogP contribution >= 0.6 is 11.8 Å². The van der Waals surface area contributed by atoms with Gasteiger partial charge in [0, 0.05) is 23.4 Å². The van der Waals surface area contributed by atoms with Crippen molar-refractivity contribution in [3.8, 4) is 11.5 Å². The number of hydrogen-bond acceptors (Lipinski definition) is 5. The number of carbonyl (C=O) groups excluding carboxylic acids is 2. The highest BCUT2D eigenvalue weighted by molar-refractivity contribution is 8.04. The summed E-state index contributed by atoms with van der Waals surface area (Å²) in [6.45, 7) is 0.443. The van der Waals surface area contributed by atoms with Crippen LogP contribution in [0.1, 0.15) is 36.8 Å². The molecule has 0 bridgehead atoms. The molecule has 8 heteroatoms. The van der Waals surface area contributed by atoms with Crippen LogP contribution in [-0.4, -0.2) is 55.3 Å². The maximum absolute atomic E-state index is 14.2. The van der Waals surface area contributed by atoms with Crippen LogP contribution in [0, 0.1) is 5.82 Å². The van der Waals surface area contributed by atoms with E-state index in [4.69, 9.17) is 9.47 Å². The van der Waals surface area contributed by atoms with E-state index in [2.05, 4.69) is 5.32 Å². The number of halogens is 1. The second-order valence-electron chi connectivity index (χ2n) is 8.76. The van der Waals surface area contributed by atoms with E-state index in [9.17, 15) is 14.0 Å². The van der Waals surface area contributed by atoms with Gasteiger partial charge >= 0.3 is 0 Å². The van der Waals surface area contributed by atoms with Crippen LogP contribution in [0.3, 0.4) is 0 Å². The third-order valence-corrected chi connectivity index (χ3v) is 7.91. The quantitative estimate of drug-likeness (QED) is 0.546. The maximum Gasteiger partial charge on any atom is 0.261 e. The van der Waals surface area contributed by atoms with Gasteiger partial charge in [-0.2, -0.15) is 0 Å². The fraction of sp³-hybridized carbons (Fsp3) is 0.407. The molecular weight excluding hydrogens is 467 g/mol. The number of nitrogens with zero attached hydrogens (tertiary/aromatic N) is 1. The number of fused-ring (bicyclic) bond motifs is 1. The van der Waals surface area contributed by atoms with E-state index in [0.29, 0.717) is 34.9 Å². The Morgan fingerprint density at radius 3 is 2.69 bits per heavy atom. The molecule has 2 atom stereocenters. The van der Waals surface area contributed by atoms with Crippen LogP contribution in [0.5, 0.6) is 11.5 Å². The second-order valence-corrected chi connectivity index (χ2v) is 10.0. The van der Waals surface area contributed by atoms with E-state index in [1.54, 1.807) is 43.4 Å². The van der Waals surface area contributed by atoms with Gasteiger partial charge in [-0.3, -0.25) is 9.59 Å². The van der Waals surface area contributed by atoms with Gasteiger partial charge in [0.25, 0.3) is 5.91 Å². The monoisotopic (exact) mass is 498 g/mol. The van der Waals surface area contributed by atoms with Crippen molar-refractivity contribution in [2.24, 2.45) is 0 Å². The first-order valence-corrected chi connectivity index (χ1v) is 12.8. The van der Waals surface area contributed by atoms with Crippen molar-refractivity contribution in [1.82, 2.24) is 10.2 Å². The smallest absolute Gasteiger partial charge is 0.261 e. The molecule has 2 aliphatic rings. The summed E-state index contributed by atoms with van der Waals surface area (Å²) in [4.78, 5) is 28.4.